The second-order valence-electron chi connectivity index (χ2n) is 12.3. The average Bonchev–Trinajstić information content (AvgIpc) is 3.87. The second kappa shape index (κ2) is 13.8. The quantitative estimate of drug-likeness (QED) is 0.149. The Morgan fingerprint density at radius 1 is 0.761 bits per heavy atom. The van der Waals surface area contributed by atoms with E-state index in [0.29, 0.717) is 50.4 Å². The van der Waals surface area contributed by atoms with E-state index in [-0.39, 0.29) is 6.61 Å². The third-order valence-electron chi connectivity index (χ3n) is 8.72. The molecule has 1 N–H and O–H groups in total. The predicted molar refractivity (Wildman–Crippen MR) is 173 cm³/mol. The Bertz CT molecular complexity index is 1580. The van der Waals surface area contributed by atoms with Gasteiger partial charge in [0.25, 0.3) is 0 Å². The first-order valence-corrected chi connectivity index (χ1v) is 16.4. The van der Waals surface area contributed by atoms with E-state index in [2.05, 4.69) is 0 Å². The van der Waals surface area contributed by atoms with E-state index in [0.717, 1.165) is 46.4 Å². The van der Waals surface area contributed by atoms with Crippen LogP contribution in [0.25, 0.3) is 0 Å². The minimum absolute atomic E-state index is 0.0528. The van der Waals surface area contributed by atoms with Crippen molar-refractivity contribution in [3.05, 3.63) is 136 Å². The van der Waals surface area contributed by atoms with Crippen molar-refractivity contribution in [3.63, 3.8) is 0 Å². The topological polar surface area (TPSA) is 75.6 Å². The highest BCUT2D eigenvalue weighted by molar-refractivity contribution is 6.31. The second-order valence-corrected chi connectivity index (χ2v) is 12.7. The Morgan fingerprint density at radius 2 is 1.46 bits per heavy atom. The van der Waals surface area contributed by atoms with Crippen molar-refractivity contribution in [2.75, 3.05) is 19.8 Å². The van der Waals surface area contributed by atoms with Crippen molar-refractivity contribution in [1.82, 2.24) is 0 Å². The lowest BCUT2D eigenvalue weighted by molar-refractivity contribution is -0.349. The zero-order valence-electron chi connectivity index (χ0n) is 25.7. The van der Waals surface area contributed by atoms with Gasteiger partial charge in [-0.2, -0.15) is 0 Å². The van der Waals surface area contributed by atoms with Crippen molar-refractivity contribution in [2.45, 2.75) is 68.8 Å². The van der Waals surface area contributed by atoms with Gasteiger partial charge in [0, 0.05) is 17.0 Å². The molecule has 0 radical (unpaired) electrons. The normalized spacial score (nSPS) is 25.4. The van der Waals surface area contributed by atoms with Crippen LogP contribution < -0.4 is 4.74 Å². The molecule has 0 aromatic heterocycles. The van der Waals surface area contributed by atoms with Crippen LogP contribution in [0, 0.1) is 0 Å². The van der Waals surface area contributed by atoms with E-state index in [1.165, 1.54) is 0 Å². The highest BCUT2D eigenvalue weighted by Crippen LogP contribution is 2.50. The molecule has 2 heterocycles. The van der Waals surface area contributed by atoms with Crippen LogP contribution in [-0.4, -0.2) is 49.0 Å². The van der Waals surface area contributed by atoms with Gasteiger partial charge in [-0.15, -0.1) is 0 Å². The molecule has 3 aliphatic rings. The minimum atomic E-state index is -1.70. The van der Waals surface area contributed by atoms with E-state index in [9.17, 15) is 5.11 Å². The number of benzene rings is 4. The van der Waals surface area contributed by atoms with Crippen LogP contribution in [0.15, 0.2) is 103 Å². The van der Waals surface area contributed by atoms with Crippen LogP contribution in [0.2, 0.25) is 5.02 Å². The molecule has 2 saturated heterocycles. The van der Waals surface area contributed by atoms with Gasteiger partial charge in [0.1, 0.15) is 25.1 Å². The van der Waals surface area contributed by atoms with Crippen LogP contribution in [0.4, 0.5) is 0 Å². The summed E-state index contributed by atoms with van der Waals surface area (Å²) in [6.07, 6.45) is 2.41. The number of hydrogen-bond donors (Lipinski definition) is 1. The Kier molecular flexibility index (Phi) is 9.43. The predicted octanol–water partition coefficient (Wildman–Crippen LogP) is 6.95. The highest BCUT2D eigenvalue weighted by Gasteiger charge is 2.63. The summed E-state index contributed by atoms with van der Waals surface area (Å²) in [6, 6.07) is 33.6. The molecule has 4 aromatic carbocycles. The fourth-order valence-electron chi connectivity index (χ4n) is 6.13. The third kappa shape index (κ3) is 7.32. The first kappa shape index (κ1) is 31.3. The summed E-state index contributed by atoms with van der Waals surface area (Å²) in [5, 5.41) is 12.5. The lowest BCUT2D eigenvalue weighted by Gasteiger charge is -2.44. The number of aliphatic hydroxyl groups is 1. The summed E-state index contributed by atoms with van der Waals surface area (Å²) >= 11 is 6.71. The fourth-order valence-corrected chi connectivity index (χ4v) is 6.31. The summed E-state index contributed by atoms with van der Waals surface area (Å²) < 4.78 is 37.1. The molecule has 7 rings (SSSR count). The first-order chi connectivity index (χ1) is 22.5. The molecule has 7 nitrogen and oxygen atoms in total. The molecule has 2 bridgehead atoms. The maximum atomic E-state index is 11.8. The lowest BCUT2D eigenvalue weighted by atomic mass is 9.89. The molecule has 240 valence electrons. The molecule has 0 amide bonds. The molecular formula is C38H39ClO7. The van der Waals surface area contributed by atoms with Crippen molar-refractivity contribution < 1.29 is 33.5 Å². The van der Waals surface area contributed by atoms with Crippen molar-refractivity contribution >= 4 is 11.6 Å². The Labute approximate surface area is 274 Å². The van der Waals surface area contributed by atoms with Crippen LogP contribution in [-0.2, 0) is 49.1 Å². The molecular weight excluding hydrogens is 604 g/mol. The molecule has 4 atom stereocenters. The van der Waals surface area contributed by atoms with E-state index in [4.69, 9.17) is 40.0 Å². The summed E-state index contributed by atoms with van der Waals surface area (Å²) in [6.45, 7) is 1.75. The summed E-state index contributed by atoms with van der Waals surface area (Å²) in [4.78, 5) is 0. The SMILES string of the molecule is O[C@]12CO[C@](c3ccc(Cl)c(Cc4ccc(OCCOC5CC5)cc4)c3)(CC(OCc3ccccc3)[C@@H]1OCc1ccccc1)O2. The van der Waals surface area contributed by atoms with Gasteiger partial charge in [0.2, 0.25) is 11.6 Å². The van der Waals surface area contributed by atoms with E-state index in [1.807, 2.05) is 103 Å². The maximum absolute atomic E-state index is 11.8. The zero-order chi connectivity index (χ0) is 31.4. The molecule has 46 heavy (non-hydrogen) atoms. The van der Waals surface area contributed by atoms with Gasteiger partial charge in [-0.3, -0.25) is 0 Å². The number of rotatable bonds is 14. The summed E-state index contributed by atoms with van der Waals surface area (Å²) in [5.74, 6) is -2.11. The fraction of sp³-hybridized carbons (Fsp3) is 0.368. The monoisotopic (exact) mass is 642 g/mol. The Morgan fingerprint density at radius 3 is 2.15 bits per heavy atom. The van der Waals surface area contributed by atoms with Crippen molar-refractivity contribution in [2.24, 2.45) is 0 Å². The van der Waals surface area contributed by atoms with Gasteiger partial charge in [-0.25, -0.2) is 0 Å². The van der Waals surface area contributed by atoms with Crippen LogP contribution >= 0.6 is 11.6 Å². The standard InChI is InChI=1S/C38H39ClO7/c39-34-18-13-31(22-30(34)21-27-11-14-32(15-12-27)41-19-20-42-33-16-17-33)38-23-35(43-24-28-7-3-1-4-8-28)36(37(40,46-38)26-45-38)44-25-29-9-5-2-6-10-29/h1-15,18,22,33,35-36,40H,16-17,19-21,23-26H2/t35?,36-,37-,38+/m0/s1. The first-order valence-electron chi connectivity index (χ1n) is 16.0. The molecule has 1 saturated carbocycles. The Hall–Kier alpha value is -3.27. The van der Waals surface area contributed by atoms with Gasteiger partial charge in [0.15, 0.2) is 0 Å². The van der Waals surface area contributed by atoms with Gasteiger partial charge < -0.3 is 33.5 Å². The lowest BCUT2D eigenvalue weighted by Crippen LogP contribution is -2.58. The minimum Gasteiger partial charge on any atom is -0.491 e. The van der Waals surface area contributed by atoms with E-state index in [1.54, 1.807) is 0 Å². The molecule has 0 spiro atoms. The highest BCUT2D eigenvalue weighted by atomic mass is 35.5. The summed E-state index contributed by atoms with van der Waals surface area (Å²) in [7, 11) is 0. The van der Waals surface area contributed by atoms with Crippen molar-refractivity contribution in [3.8, 4) is 5.75 Å². The van der Waals surface area contributed by atoms with Crippen molar-refractivity contribution in [1.29, 1.82) is 0 Å². The van der Waals surface area contributed by atoms with E-state index >= 15 is 0 Å². The maximum Gasteiger partial charge on any atom is 0.222 e. The van der Waals surface area contributed by atoms with Crippen LogP contribution in [0.1, 0.15) is 47.1 Å². The number of hydrogen-bond acceptors (Lipinski definition) is 7. The number of ether oxygens (including phenoxy) is 6. The Balaban J connectivity index is 1.08. The smallest absolute Gasteiger partial charge is 0.222 e. The molecule has 8 heteroatoms. The number of halogens is 1. The molecule has 1 aliphatic carbocycles. The van der Waals surface area contributed by atoms with Gasteiger partial charge in [0.05, 0.1) is 32.0 Å². The average molecular weight is 643 g/mol. The van der Waals surface area contributed by atoms with Gasteiger partial charge in [-0.05, 0) is 65.8 Å². The van der Waals surface area contributed by atoms with Crippen LogP contribution in [0.5, 0.6) is 5.75 Å². The largest absolute Gasteiger partial charge is 0.491 e. The van der Waals surface area contributed by atoms with E-state index < -0.39 is 23.8 Å². The van der Waals surface area contributed by atoms with Gasteiger partial charge >= 0.3 is 0 Å². The van der Waals surface area contributed by atoms with Gasteiger partial charge in [-0.1, -0.05) is 90.5 Å². The summed E-state index contributed by atoms with van der Waals surface area (Å²) in [5.41, 5.74) is 4.81. The number of fused-ring (bicyclic) bond motifs is 2. The molecule has 2 aliphatic heterocycles. The third-order valence-corrected chi connectivity index (χ3v) is 9.09. The molecule has 1 unspecified atom stereocenters. The zero-order valence-corrected chi connectivity index (χ0v) is 26.4. The molecule has 4 aromatic rings. The molecule has 3 fully saturated rings. The van der Waals surface area contributed by atoms with Crippen LogP contribution in [0.3, 0.4) is 0 Å².